The van der Waals surface area contributed by atoms with Crippen LogP contribution in [0.15, 0.2) is 29.5 Å². The average molecular weight is 328 g/mol. The van der Waals surface area contributed by atoms with E-state index in [1.165, 1.54) is 17.0 Å². The van der Waals surface area contributed by atoms with Gasteiger partial charge in [0, 0.05) is 50.7 Å². The van der Waals surface area contributed by atoms with Crippen LogP contribution in [0.5, 0.6) is 0 Å². The minimum atomic E-state index is 0.382. The average Bonchev–Trinajstić information content (AvgIpc) is 3.17. The van der Waals surface area contributed by atoms with Gasteiger partial charge in [0.2, 0.25) is 0 Å². The SMILES string of the molecule is CN=C(NCc1cccn1C)NC1CCc2cn(C(C)C)nc2C1. The third-order valence-electron chi connectivity index (χ3n) is 4.68. The molecule has 1 atom stereocenters. The number of hydrogen-bond acceptors (Lipinski definition) is 2. The Kier molecular flexibility index (Phi) is 4.92. The molecule has 0 radical (unpaired) electrons. The van der Waals surface area contributed by atoms with Gasteiger partial charge in [0.05, 0.1) is 12.2 Å². The molecule has 2 aromatic heterocycles. The van der Waals surface area contributed by atoms with E-state index in [9.17, 15) is 0 Å². The first-order chi connectivity index (χ1) is 11.6. The van der Waals surface area contributed by atoms with Crippen LogP contribution < -0.4 is 10.6 Å². The van der Waals surface area contributed by atoms with Crippen molar-refractivity contribution in [3.05, 3.63) is 41.5 Å². The quantitative estimate of drug-likeness (QED) is 0.667. The second-order valence-corrected chi connectivity index (χ2v) is 6.80. The van der Waals surface area contributed by atoms with Gasteiger partial charge >= 0.3 is 0 Å². The summed E-state index contributed by atoms with van der Waals surface area (Å²) in [7, 11) is 3.88. The first-order valence-electron chi connectivity index (χ1n) is 8.71. The largest absolute Gasteiger partial charge is 0.353 e. The third-order valence-corrected chi connectivity index (χ3v) is 4.68. The standard InChI is InChI=1S/C18H28N6/c1-13(2)24-12-14-7-8-15(10-17(14)22-24)21-18(19-3)20-11-16-6-5-9-23(16)4/h5-6,9,12-13,15H,7-8,10-11H2,1-4H3,(H2,19,20,21). The molecule has 1 unspecified atom stereocenters. The Morgan fingerprint density at radius 3 is 2.96 bits per heavy atom. The molecule has 0 aliphatic heterocycles. The van der Waals surface area contributed by atoms with Crippen LogP contribution in [0.4, 0.5) is 0 Å². The van der Waals surface area contributed by atoms with Crippen molar-refractivity contribution in [2.45, 2.75) is 51.7 Å². The number of aliphatic imine (C=N–C) groups is 1. The highest BCUT2D eigenvalue weighted by Crippen LogP contribution is 2.21. The molecule has 0 spiro atoms. The normalized spacial score (nSPS) is 17.9. The zero-order chi connectivity index (χ0) is 17.1. The predicted octanol–water partition coefficient (Wildman–Crippen LogP) is 2.02. The Morgan fingerprint density at radius 1 is 1.46 bits per heavy atom. The highest BCUT2D eigenvalue weighted by Gasteiger charge is 2.23. The topological polar surface area (TPSA) is 59.2 Å². The highest BCUT2D eigenvalue weighted by molar-refractivity contribution is 5.80. The van der Waals surface area contributed by atoms with Gasteiger partial charge in [-0.05, 0) is 44.4 Å². The predicted molar refractivity (Wildman–Crippen MR) is 97.2 cm³/mol. The van der Waals surface area contributed by atoms with Gasteiger partial charge in [-0.15, -0.1) is 0 Å². The van der Waals surface area contributed by atoms with Gasteiger partial charge in [0.15, 0.2) is 5.96 Å². The molecule has 1 aliphatic carbocycles. The van der Waals surface area contributed by atoms with Gasteiger partial charge < -0.3 is 15.2 Å². The lowest BCUT2D eigenvalue weighted by Gasteiger charge is -2.24. The molecule has 1 aliphatic rings. The van der Waals surface area contributed by atoms with Gasteiger partial charge in [-0.25, -0.2) is 0 Å². The van der Waals surface area contributed by atoms with Crippen molar-refractivity contribution < 1.29 is 0 Å². The number of hydrogen-bond donors (Lipinski definition) is 2. The fraction of sp³-hybridized carbons (Fsp3) is 0.556. The summed E-state index contributed by atoms with van der Waals surface area (Å²) in [5.41, 5.74) is 3.86. The van der Waals surface area contributed by atoms with E-state index in [1.807, 2.05) is 7.05 Å². The molecule has 0 aromatic carbocycles. The fourth-order valence-electron chi connectivity index (χ4n) is 3.14. The third kappa shape index (κ3) is 3.63. The van der Waals surface area contributed by atoms with Crippen LogP contribution in [0.3, 0.4) is 0 Å². The molecule has 0 saturated heterocycles. The van der Waals surface area contributed by atoms with E-state index in [0.29, 0.717) is 12.1 Å². The number of nitrogens with zero attached hydrogens (tertiary/aromatic N) is 4. The summed E-state index contributed by atoms with van der Waals surface area (Å²) in [4.78, 5) is 4.36. The zero-order valence-electron chi connectivity index (χ0n) is 15.1. The molecule has 2 N–H and O–H groups in total. The van der Waals surface area contributed by atoms with Crippen LogP contribution in [-0.4, -0.2) is 33.4 Å². The summed E-state index contributed by atoms with van der Waals surface area (Å²) in [5, 5.41) is 11.7. The summed E-state index contributed by atoms with van der Waals surface area (Å²) < 4.78 is 4.20. The molecule has 0 bridgehead atoms. The number of aryl methyl sites for hydroxylation is 2. The van der Waals surface area contributed by atoms with E-state index in [1.54, 1.807) is 0 Å². The van der Waals surface area contributed by atoms with E-state index in [4.69, 9.17) is 5.10 Å². The number of nitrogens with one attached hydrogen (secondary N) is 2. The van der Waals surface area contributed by atoms with Crippen LogP contribution >= 0.6 is 0 Å². The van der Waals surface area contributed by atoms with Crippen molar-refractivity contribution >= 4 is 5.96 Å². The smallest absolute Gasteiger partial charge is 0.191 e. The van der Waals surface area contributed by atoms with Crippen molar-refractivity contribution in [2.75, 3.05) is 7.05 Å². The molecular formula is C18H28N6. The number of aromatic nitrogens is 3. The van der Waals surface area contributed by atoms with Crippen molar-refractivity contribution in [2.24, 2.45) is 12.0 Å². The second-order valence-electron chi connectivity index (χ2n) is 6.80. The Labute approximate surface area is 144 Å². The van der Waals surface area contributed by atoms with E-state index in [0.717, 1.165) is 31.8 Å². The Balaban J connectivity index is 1.57. The van der Waals surface area contributed by atoms with Gasteiger partial charge in [0.25, 0.3) is 0 Å². The molecule has 6 heteroatoms. The first kappa shape index (κ1) is 16.6. The number of guanidine groups is 1. The summed E-state index contributed by atoms with van der Waals surface area (Å²) >= 11 is 0. The monoisotopic (exact) mass is 328 g/mol. The van der Waals surface area contributed by atoms with E-state index >= 15 is 0 Å². The molecule has 2 heterocycles. The summed E-state index contributed by atoms with van der Waals surface area (Å²) in [6.07, 6.45) is 7.41. The summed E-state index contributed by atoms with van der Waals surface area (Å²) in [6.45, 7) is 5.11. The molecule has 0 amide bonds. The maximum atomic E-state index is 4.74. The van der Waals surface area contributed by atoms with Crippen LogP contribution in [-0.2, 0) is 26.4 Å². The molecular weight excluding hydrogens is 300 g/mol. The lowest BCUT2D eigenvalue weighted by atomic mass is 9.94. The molecule has 3 rings (SSSR count). The van der Waals surface area contributed by atoms with Crippen LogP contribution in [0.2, 0.25) is 0 Å². The van der Waals surface area contributed by atoms with Gasteiger partial charge in [-0.2, -0.15) is 5.10 Å². The minimum Gasteiger partial charge on any atom is -0.353 e. The van der Waals surface area contributed by atoms with Crippen molar-refractivity contribution in [1.29, 1.82) is 0 Å². The Hall–Kier alpha value is -2.24. The maximum absolute atomic E-state index is 4.74. The van der Waals surface area contributed by atoms with E-state index < -0.39 is 0 Å². The Morgan fingerprint density at radius 2 is 2.29 bits per heavy atom. The van der Waals surface area contributed by atoms with Crippen LogP contribution in [0, 0.1) is 0 Å². The van der Waals surface area contributed by atoms with Gasteiger partial charge in [-0.1, -0.05) is 0 Å². The molecule has 0 saturated carbocycles. The zero-order valence-corrected chi connectivity index (χ0v) is 15.1. The van der Waals surface area contributed by atoms with Crippen LogP contribution in [0.1, 0.15) is 43.3 Å². The van der Waals surface area contributed by atoms with Gasteiger partial charge in [0.1, 0.15) is 0 Å². The van der Waals surface area contributed by atoms with Crippen LogP contribution in [0.25, 0.3) is 0 Å². The molecule has 130 valence electrons. The molecule has 0 fully saturated rings. The van der Waals surface area contributed by atoms with Crippen molar-refractivity contribution in [3.8, 4) is 0 Å². The number of rotatable bonds is 4. The summed E-state index contributed by atoms with van der Waals surface area (Å²) in [5.74, 6) is 0.855. The lowest BCUT2D eigenvalue weighted by molar-refractivity contribution is 0.499. The maximum Gasteiger partial charge on any atom is 0.191 e. The highest BCUT2D eigenvalue weighted by atomic mass is 15.3. The summed E-state index contributed by atoms with van der Waals surface area (Å²) in [6, 6.07) is 4.97. The molecule has 2 aromatic rings. The van der Waals surface area contributed by atoms with Crippen molar-refractivity contribution in [1.82, 2.24) is 25.0 Å². The Bertz CT molecular complexity index is 709. The van der Waals surface area contributed by atoms with Crippen molar-refractivity contribution in [3.63, 3.8) is 0 Å². The molecule has 6 nitrogen and oxygen atoms in total. The van der Waals surface area contributed by atoms with E-state index in [2.05, 4.69) is 70.3 Å². The van der Waals surface area contributed by atoms with Gasteiger partial charge in [-0.3, -0.25) is 9.67 Å². The van der Waals surface area contributed by atoms with E-state index in [-0.39, 0.29) is 0 Å². The fourth-order valence-corrected chi connectivity index (χ4v) is 3.14. The molecule has 24 heavy (non-hydrogen) atoms. The lowest BCUT2D eigenvalue weighted by Crippen LogP contribution is -2.45. The minimum absolute atomic E-state index is 0.382. The first-order valence-corrected chi connectivity index (χ1v) is 8.71. The second kappa shape index (κ2) is 7.11. The number of fused-ring (bicyclic) bond motifs is 1.